The lowest BCUT2D eigenvalue weighted by molar-refractivity contribution is 1.20. The first-order chi connectivity index (χ1) is 5.29. The molecule has 1 aromatic carbocycles. The van der Waals surface area contributed by atoms with E-state index in [4.69, 9.17) is 0 Å². The molecule has 0 saturated heterocycles. The van der Waals surface area contributed by atoms with Crippen LogP contribution in [0.1, 0.15) is 5.69 Å². The zero-order valence-electron chi connectivity index (χ0n) is 6.33. The lowest BCUT2D eigenvalue weighted by atomic mass is 10.2. The molecule has 0 unspecified atom stereocenters. The fraction of sp³-hybridized carbons (Fsp3) is 0.111. The molecule has 1 nitrogen and oxygen atoms in total. The number of nitrogens with zero attached hydrogens (tertiary/aromatic N) is 1. The fourth-order valence-electron chi connectivity index (χ4n) is 1.29. The average molecular weight is 158 g/mol. The molecule has 2 aromatic rings. The van der Waals surface area contributed by atoms with E-state index >= 15 is 0 Å². The van der Waals surface area contributed by atoms with Gasteiger partial charge in [-0.2, -0.15) is 0 Å². The summed E-state index contributed by atoms with van der Waals surface area (Å²) < 4.78 is 2.01. The third-order valence-electron chi connectivity index (χ3n) is 1.89. The van der Waals surface area contributed by atoms with Gasteiger partial charge >= 0.3 is 0 Å². The summed E-state index contributed by atoms with van der Waals surface area (Å²) in [6, 6.07) is 10.4. The lowest BCUT2D eigenvalue weighted by Crippen LogP contribution is -1.91. The Labute approximate surface area is 69.1 Å². The Bertz CT molecular complexity index is 389. The van der Waals surface area contributed by atoms with Gasteiger partial charge in [-0.1, -0.05) is 18.2 Å². The van der Waals surface area contributed by atoms with Crippen molar-refractivity contribution in [2.24, 2.45) is 0 Å². The number of rotatable bonds is 0. The van der Waals surface area contributed by atoms with Crippen molar-refractivity contribution in [3.63, 3.8) is 0 Å². The Morgan fingerprint density at radius 2 is 2.00 bits per heavy atom. The Morgan fingerprint density at radius 1 is 1.27 bits per heavy atom. The highest BCUT2D eigenvalue weighted by Gasteiger charge is 1.98. The Kier molecular flexibility index (Phi) is 1.36. The summed E-state index contributed by atoms with van der Waals surface area (Å²) in [5.41, 5.74) is 2.45. The van der Waals surface area contributed by atoms with Crippen molar-refractivity contribution >= 4 is 21.3 Å². The van der Waals surface area contributed by atoms with Gasteiger partial charge < -0.3 is 4.23 Å². The van der Waals surface area contributed by atoms with Crippen molar-refractivity contribution in [1.82, 2.24) is 4.23 Å². The van der Waals surface area contributed by atoms with Crippen LogP contribution in [0.25, 0.3) is 10.9 Å². The van der Waals surface area contributed by atoms with E-state index in [9.17, 15) is 0 Å². The van der Waals surface area contributed by atoms with Gasteiger partial charge in [0.25, 0.3) is 0 Å². The summed E-state index contributed by atoms with van der Waals surface area (Å²) in [5, 5.41) is 1.28. The van der Waals surface area contributed by atoms with Crippen LogP contribution in [0.3, 0.4) is 0 Å². The van der Waals surface area contributed by atoms with Gasteiger partial charge in [0.15, 0.2) is 10.4 Å². The van der Waals surface area contributed by atoms with Crippen LogP contribution in [0.5, 0.6) is 0 Å². The molecule has 1 aromatic heterocycles. The molecule has 0 aliphatic rings. The standard InChI is InChI=1S/C9H8NSi/c1-7-6-8-4-2-3-5-9(8)10(7)11/h2-6H,1H3. The Morgan fingerprint density at radius 3 is 2.73 bits per heavy atom. The zero-order chi connectivity index (χ0) is 7.84. The predicted octanol–water partition coefficient (Wildman–Crippen LogP) is 1.88. The molecule has 2 rings (SSSR count). The summed E-state index contributed by atoms with van der Waals surface area (Å²) in [6.07, 6.45) is 0. The summed E-state index contributed by atoms with van der Waals surface area (Å²) in [6.45, 7) is 2.08. The Hall–Kier alpha value is -1.02. The number of aromatic nitrogens is 1. The van der Waals surface area contributed by atoms with E-state index in [-0.39, 0.29) is 0 Å². The molecule has 0 aliphatic carbocycles. The monoisotopic (exact) mass is 158 g/mol. The molecule has 11 heavy (non-hydrogen) atoms. The van der Waals surface area contributed by atoms with Gasteiger partial charge in [0, 0.05) is 11.2 Å². The molecule has 3 radical (unpaired) electrons. The number of hydrogen-bond donors (Lipinski definition) is 0. The minimum atomic E-state index is 1.22. The van der Waals surface area contributed by atoms with E-state index in [0.717, 1.165) is 0 Å². The van der Waals surface area contributed by atoms with Gasteiger partial charge in [-0.25, -0.2) is 0 Å². The van der Waals surface area contributed by atoms with Gasteiger partial charge in [-0.3, -0.25) is 0 Å². The third kappa shape index (κ3) is 0.905. The van der Waals surface area contributed by atoms with Crippen molar-refractivity contribution < 1.29 is 0 Å². The first-order valence-electron chi connectivity index (χ1n) is 3.58. The SMILES string of the molecule is Cc1cc2ccccc2n1[Si]. The highest BCUT2D eigenvalue weighted by atomic mass is 28.2. The normalized spacial score (nSPS) is 10.7. The molecule has 1 heterocycles. The minimum Gasteiger partial charge on any atom is -0.374 e. The maximum atomic E-state index is 3.52. The molecular formula is C9H8NSi. The second-order valence-electron chi connectivity index (χ2n) is 2.68. The summed E-state index contributed by atoms with van der Waals surface area (Å²) in [4.78, 5) is 0. The van der Waals surface area contributed by atoms with Crippen LogP contribution in [0, 0.1) is 6.92 Å². The van der Waals surface area contributed by atoms with Crippen molar-refractivity contribution in [1.29, 1.82) is 0 Å². The number of para-hydroxylation sites is 1. The van der Waals surface area contributed by atoms with Crippen LogP contribution in [0.4, 0.5) is 0 Å². The van der Waals surface area contributed by atoms with E-state index in [1.165, 1.54) is 16.6 Å². The third-order valence-corrected chi connectivity index (χ3v) is 2.49. The van der Waals surface area contributed by atoms with Crippen molar-refractivity contribution in [2.75, 3.05) is 0 Å². The summed E-state index contributed by atoms with van der Waals surface area (Å²) >= 11 is 0. The fourth-order valence-corrected chi connectivity index (χ4v) is 1.56. The molecule has 0 saturated carbocycles. The van der Waals surface area contributed by atoms with Crippen LogP contribution in [-0.4, -0.2) is 14.6 Å². The van der Waals surface area contributed by atoms with Crippen LogP contribution < -0.4 is 0 Å². The second-order valence-corrected chi connectivity index (χ2v) is 3.13. The van der Waals surface area contributed by atoms with Gasteiger partial charge in [-0.15, -0.1) is 0 Å². The van der Waals surface area contributed by atoms with E-state index in [2.05, 4.69) is 35.5 Å². The highest BCUT2D eigenvalue weighted by molar-refractivity contribution is 6.12. The van der Waals surface area contributed by atoms with Crippen LogP contribution in [-0.2, 0) is 0 Å². The van der Waals surface area contributed by atoms with Crippen molar-refractivity contribution in [2.45, 2.75) is 6.92 Å². The highest BCUT2D eigenvalue weighted by Crippen LogP contribution is 2.16. The number of aryl methyl sites for hydroxylation is 1. The van der Waals surface area contributed by atoms with E-state index in [1.54, 1.807) is 0 Å². The van der Waals surface area contributed by atoms with E-state index < -0.39 is 0 Å². The average Bonchev–Trinajstić information content (AvgIpc) is 2.30. The molecule has 0 amide bonds. The number of hydrogen-bond acceptors (Lipinski definition) is 0. The molecule has 53 valence electrons. The molecule has 0 aliphatic heterocycles. The number of fused-ring (bicyclic) bond motifs is 1. The zero-order valence-corrected chi connectivity index (χ0v) is 7.33. The van der Waals surface area contributed by atoms with Crippen LogP contribution in [0.15, 0.2) is 30.3 Å². The molecule has 0 atom stereocenters. The molecule has 0 spiro atoms. The van der Waals surface area contributed by atoms with Crippen LogP contribution in [0.2, 0.25) is 0 Å². The Balaban J connectivity index is 2.92. The first-order valence-corrected chi connectivity index (χ1v) is 4.02. The molecule has 0 fully saturated rings. The number of benzene rings is 1. The van der Waals surface area contributed by atoms with Gasteiger partial charge in [0.2, 0.25) is 0 Å². The van der Waals surface area contributed by atoms with Crippen LogP contribution >= 0.6 is 0 Å². The van der Waals surface area contributed by atoms with Crippen molar-refractivity contribution in [3.05, 3.63) is 36.0 Å². The predicted molar refractivity (Wildman–Crippen MR) is 47.8 cm³/mol. The minimum absolute atomic E-state index is 1.22. The van der Waals surface area contributed by atoms with E-state index in [1.807, 2.05) is 16.4 Å². The van der Waals surface area contributed by atoms with E-state index in [0.29, 0.717) is 0 Å². The summed E-state index contributed by atoms with van der Waals surface area (Å²) in [7, 11) is 3.52. The second kappa shape index (κ2) is 2.24. The molecular weight excluding hydrogens is 150 g/mol. The molecule has 0 bridgehead atoms. The maximum Gasteiger partial charge on any atom is 0.195 e. The smallest absolute Gasteiger partial charge is 0.195 e. The maximum absolute atomic E-state index is 3.52. The van der Waals surface area contributed by atoms with Crippen molar-refractivity contribution in [3.8, 4) is 0 Å². The lowest BCUT2D eigenvalue weighted by Gasteiger charge is -1.96. The van der Waals surface area contributed by atoms with Gasteiger partial charge in [-0.05, 0) is 24.4 Å². The van der Waals surface area contributed by atoms with Gasteiger partial charge in [0.05, 0.1) is 0 Å². The molecule has 2 heteroatoms. The first kappa shape index (κ1) is 6.67. The van der Waals surface area contributed by atoms with Gasteiger partial charge in [0.1, 0.15) is 0 Å². The molecule has 0 N–H and O–H groups in total. The summed E-state index contributed by atoms with van der Waals surface area (Å²) in [5.74, 6) is 0. The topological polar surface area (TPSA) is 4.93 Å². The quantitative estimate of drug-likeness (QED) is 0.516. The largest absolute Gasteiger partial charge is 0.374 e.